The molecule has 0 aliphatic rings. The van der Waals surface area contributed by atoms with Gasteiger partial charge in [0.05, 0.1) is 5.75 Å². The fraction of sp³-hybridized carbons (Fsp3) is 0.231. The topological polar surface area (TPSA) is 49.4 Å². The van der Waals surface area contributed by atoms with Gasteiger partial charge in [-0.25, -0.2) is 0 Å². The molecule has 2 amide bonds. The van der Waals surface area contributed by atoms with E-state index in [1.54, 1.807) is 11.9 Å². The predicted molar refractivity (Wildman–Crippen MR) is 140 cm³/mol. The van der Waals surface area contributed by atoms with Crippen molar-refractivity contribution >= 4 is 51.1 Å². The van der Waals surface area contributed by atoms with E-state index in [2.05, 4.69) is 21.2 Å². The van der Waals surface area contributed by atoms with E-state index < -0.39 is 6.04 Å². The number of nitrogens with zero attached hydrogens (tertiary/aromatic N) is 1. The highest BCUT2D eigenvalue weighted by atomic mass is 79.9. The molecule has 0 saturated carbocycles. The molecule has 3 aromatic rings. The van der Waals surface area contributed by atoms with Crippen molar-refractivity contribution in [2.75, 3.05) is 12.8 Å². The third kappa shape index (κ3) is 7.91. The second-order valence-electron chi connectivity index (χ2n) is 7.59. The molecule has 0 bridgehead atoms. The summed E-state index contributed by atoms with van der Waals surface area (Å²) >= 11 is 11.0. The minimum Gasteiger partial charge on any atom is -0.357 e. The molecular formula is C26H26BrClN2O2S. The number of nitrogens with one attached hydrogen (secondary N) is 1. The van der Waals surface area contributed by atoms with Crippen LogP contribution in [0.3, 0.4) is 0 Å². The van der Waals surface area contributed by atoms with Gasteiger partial charge in [-0.1, -0.05) is 82.1 Å². The van der Waals surface area contributed by atoms with Crippen LogP contribution in [-0.4, -0.2) is 35.6 Å². The standard InChI is InChI=1S/C26H26BrClN2O2S/c1-29-26(32)24(15-19-6-3-2-4-7-19)30(16-20-10-12-22(27)13-11-20)25(31)18-33-17-21-8-5-9-23(28)14-21/h2-14,24H,15-18H2,1H3,(H,29,32)/t24-/m1/s1. The van der Waals surface area contributed by atoms with Gasteiger partial charge in [-0.3, -0.25) is 9.59 Å². The highest BCUT2D eigenvalue weighted by Crippen LogP contribution is 2.20. The zero-order chi connectivity index (χ0) is 23.6. The molecule has 0 heterocycles. The van der Waals surface area contributed by atoms with Crippen LogP contribution in [0.1, 0.15) is 16.7 Å². The molecule has 0 radical (unpaired) electrons. The molecule has 1 atom stereocenters. The first-order valence-electron chi connectivity index (χ1n) is 10.6. The molecule has 0 aliphatic heterocycles. The third-order valence-corrected chi connectivity index (χ3v) is 6.92. The Morgan fingerprint density at radius 3 is 2.33 bits per heavy atom. The van der Waals surface area contributed by atoms with E-state index >= 15 is 0 Å². The number of carbonyl (C=O) groups excluding carboxylic acids is 2. The third-order valence-electron chi connectivity index (χ3n) is 5.17. The molecule has 7 heteroatoms. The summed E-state index contributed by atoms with van der Waals surface area (Å²) in [5.41, 5.74) is 3.03. The molecule has 0 unspecified atom stereocenters. The normalized spacial score (nSPS) is 11.6. The Kier molecular flexibility index (Phi) is 9.85. The lowest BCUT2D eigenvalue weighted by molar-refractivity contribution is -0.139. The van der Waals surface area contributed by atoms with Crippen molar-refractivity contribution in [2.45, 2.75) is 24.8 Å². The SMILES string of the molecule is CNC(=O)[C@@H](Cc1ccccc1)N(Cc1ccc(Br)cc1)C(=O)CSCc1cccc(Cl)c1. The van der Waals surface area contributed by atoms with Gasteiger partial charge in [0.2, 0.25) is 11.8 Å². The van der Waals surface area contributed by atoms with Crippen LogP contribution >= 0.6 is 39.3 Å². The summed E-state index contributed by atoms with van der Waals surface area (Å²) in [7, 11) is 1.61. The largest absolute Gasteiger partial charge is 0.357 e. The number of amides is 2. The molecule has 3 aromatic carbocycles. The average Bonchev–Trinajstić information content (AvgIpc) is 2.82. The van der Waals surface area contributed by atoms with Crippen LogP contribution in [0.2, 0.25) is 5.02 Å². The van der Waals surface area contributed by atoms with E-state index in [4.69, 9.17) is 11.6 Å². The summed E-state index contributed by atoms with van der Waals surface area (Å²) < 4.78 is 0.966. The summed E-state index contributed by atoms with van der Waals surface area (Å²) in [5, 5.41) is 3.42. The van der Waals surface area contributed by atoms with Crippen LogP contribution < -0.4 is 5.32 Å². The van der Waals surface area contributed by atoms with E-state index in [9.17, 15) is 9.59 Å². The van der Waals surface area contributed by atoms with Crippen molar-refractivity contribution in [3.63, 3.8) is 0 Å². The Balaban J connectivity index is 1.80. The number of hydrogen-bond donors (Lipinski definition) is 1. The maximum atomic E-state index is 13.4. The van der Waals surface area contributed by atoms with Crippen LogP contribution in [0.25, 0.3) is 0 Å². The first-order chi connectivity index (χ1) is 16.0. The lowest BCUT2D eigenvalue weighted by Crippen LogP contribution is -2.50. The summed E-state index contributed by atoms with van der Waals surface area (Å²) in [6, 6.07) is 24.6. The van der Waals surface area contributed by atoms with Crippen molar-refractivity contribution in [3.8, 4) is 0 Å². The van der Waals surface area contributed by atoms with Gasteiger partial charge >= 0.3 is 0 Å². The molecule has 0 spiro atoms. The minimum atomic E-state index is -0.611. The van der Waals surface area contributed by atoms with Crippen molar-refractivity contribution < 1.29 is 9.59 Å². The zero-order valence-corrected chi connectivity index (χ0v) is 21.5. The monoisotopic (exact) mass is 544 g/mol. The van der Waals surface area contributed by atoms with Crippen LogP contribution in [0.5, 0.6) is 0 Å². The molecule has 0 fully saturated rings. The molecule has 0 aromatic heterocycles. The van der Waals surface area contributed by atoms with Gasteiger partial charge in [0.25, 0.3) is 0 Å². The number of benzene rings is 3. The van der Waals surface area contributed by atoms with Gasteiger partial charge in [-0.05, 0) is 41.0 Å². The molecule has 0 saturated heterocycles. The van der Waals surface area contributed by atoms with Crippen molar-refractivity contribution in [2.24, 2.45) is 0 Å². The van der Waals surface area contributed by atoms with Gasteiger partial charge in [0, 0.05) is 35.3 Å². The summed E-state index contributed by atoms with van der Waals surface area (Å²) in [5.74, 6) is 0.686. The molecule has 4 nitrogen and oxygen atoms in total. The lowest BCUT2D eigenvalue weighted by Gasteiger charge is -2.31. The van der Waals surface area contributed by atoms with E-state index in [1.807, 2.05) is 78.9 Å². The first kappa shape index (κ1) is 25.3. The van der Waals surface area contributed by atoms with E-state index in [-0.39, 0.29) is 17.6 Å². The van der Waals surface area contributed by atoms with Gasteiger partial charge in [0.1, 0.15) is 6.04 Å². The molecule has 172 valence electrons. The number of rotatable bonds is 10. The Hall–Kier alpha value is -2.28. The smallest absolute Gasteiger partial charge is 0.242 e. The number of likely N-dealkylation sites (N-methyl/N-ethyl adjacent to an activating group) is 1. The van der Waals surface area contributed by atoms with E-state index in [1.165, 1.54) is 11.8 Å². The van der Waals surface area contributed by atoms with Gasteiger partial charge in [-0.15, -0.1) is 11.8 Å². The maximum Gasteiger partial charge on any atom is 0.242 e. The van der Waals surface area contributed by atoms with Crippen LogP contribution in [0.4, 0.5) is 0 Å². The molecule has 0 aliphatic carbocycles. The minimum absolute atomic E-state index is 0.0746. The van der Waals surface area contributed by atoms with Crippen LogP contribution in [0, 0.1) is 0 Å². The highest BCUT2D eigenvalue weighted by Gasteiger charge is 2.29. The van der Waals surface area contributed by atoms with Crippen molar-refractivity contribution in [1.82, 2.24) is 10.2 Å². The second-order valence-corrected chi connectivity index (χ2v) is 9.93. The maximum absolute atomic E-state index is 13.4. The number of hydrogen-bond acceptors (Lipinski definition) is 3. The van der Waals surface area contributed by atoms with Crippen molar-refractivity contribution in [3.05, 3.63) is 105 Å². The Labute approximate surface area is 212 Å². The second kappa shape index (κ2) is 12.8. The number of halogens is 2. The van der Waals surface area contributed by atoms with Gasteiger partial charge in [0.15, 0.2) is 0 Å². The van der Waals surface area contributed by atoms with Gasteiger partial charge in [-0.2, -0.15) is 0 Å². The molecule has 3 rings (SSSR count). The molecular weight excluding hydrogens is 520 g/mol. The van der Waals surface area contributed by atoms with Crippen LogP contribution in [-0.2, 0) is 28.3 Å². The molecule has 33 heavy (non-hydrogen) atoms. The number of carbonyl (C=O) groups is 2. The highest BCUT2D eigenvalue weighted by molar-refractivity contribution is 9.10. The average molecular weight is 546 g/mol. The predicted octanol–water partition coefficient (Wildman–Crippen LogP) is 5.72. The Bertz CT molecular complexity index is 1060. The summed E-state index contributed by atoms with van der Waals surface area (Å²) in [6.45, 7) is 0.356. The fourth-order valence-electron chi connectivity index (χ4n) is 3.47. The van der Waals surface area contributed by atoms with Gasteiger partial charge < -0.3 is 10.2 Å². The quantitative estimate of drug-likeness (QED) is 0.354. The fourth-order valence-corrected chi connectivity index (χ4v) is 4.81. The zero-order valence-electron chi connectivity index (χ0n) is 18.3. The first-order valence-corrected chi connectivity index (χ1v) is 12.9. The van der Waals surface area contributed by atoms with Crippen molar-refractivity contribution in [1.29, 1.82) is 0 Å². The Morgan fingerprint density at radius 1 is 0.970 bits per heavy atom. The van der Waals surface area contributed by atoms with E-state index in [0.29, 0.717) is 23.7 Å². The van der Waals surface area contributed by atoms with E-state index in [0.717, 1.165) is 21.2 Å². The summed E-state index contributed by atoms with van der Waals surface area (Å²) in [6.07, 6.45) is 0.446. The molecule has 1 N–H and O–H groups in total. The Morgan fingerprint density at radius 2 is 1.67 bits per heavy atom. The van der Waals surface area contributed by atoms with Crippen LogP contribution in [0.15, 0.2) is 83.3 Å². The summed E-state index contributed by atoms with van der Waals surface area (Å²) in [4.78, 5) is 28.0. The lowest BCUT2D eigenvalue weighted by atomic mass is 10.0. The number of thioether (sulfide) groups is 1.